The lowest BCUT2D eigenvalue weighted by molar-refractivity contribution is -0.137. The van der Waals surface area contributed by atoms with E-state index < -0.39 is 17.8 Å². The molecule has 2 rings (SSSR count). The lowest BCUT2D eigenvalue weighted by atomic mass is 9.93. The van der Waals surface area contributed by atoms with E-state index >= 15 is 0 Å². The SMILES string of the molecule is Cc1cc(Cl)cc(C(N)c2ccc(C(F)(F)F)cc2C)c1. The monoisotopic (exact) mass is 313 g/mol. The lowest BCUT2D eigenvalue weighted by Crippen LogP contribution is -2.15. The molecule has 0 radical (unpaired) electrons. The van der Waals surface area contributed by atoms with Crippen molar-refractivity contribution in [1.29, 1.82) is 0 Å². The molecule has 21 heavy (non-hydrogen) atoms. The van der Waals surface area contributed by atoms with Gasteiger partial charge in [0, 0.05) is 5.02 Å². The molecule has 0 saturated carbocycles. The van der Waals surface area contributed by atoms with Crippen molar-refractivity contribution in [2.45, 2.75) is 26.1 Å². The molecule has 0 amide bonds. The number of nitrogens with two attached hydrogens (primary N) is 1. The third-order valence-electron chi connectivity index (χ3n) is 3.36. The second kappa shape index (κ2) is 5.70. The molecule has 1 unspecified atom stereocenters. The second-order valence-corrected chi connectivity index (χ2v) is 5.55. The van der Waals surface area contributed by atoms with Crippen LogP contribution in [0, 0.1) is 13.8 Å². The third kappa shape index (κ3) is 3.57. The quantitative estimate of drug-likeness (QED) is 0.827. The Hall–Kier alpha value is -1.52. The minimum atomic E-state index is -4.35. The molecule has 0 spiro atoms. The zero-order valence-electron chi connectivity index (χ0n) is 11.6. The van der Waals surface area contributed by atoms with Gasteiger partial charge in [-0.3, -0.25) is 0 Å². The van der Waals surface area contributed by atoms with E-state index in [0.717, 1.165) is 23.3 Å². The number of halogens is 4. The van der Waals surface area contributed by atoms with E-state index in [9.17, 15) is 13.2 Å². The lowest BCUT2D eigenvalue weighted by Gasteiger charge is -2.18. The molecule has 0 aliphatic heterocycles. The van der Waals surface area contributed by atoms with Crippen molar-refractivity contribution >= 4 is 11.6 Å². The van der Waals surface area contributed by atoms with Gasteiger partial charge in [0.25, 0.3) is 0 Å². The highest BCUT2D eigenvalue weighted by molar-refractivity contribution is 6.30. The van der Waals surface area contributed by atoms with Gasteiger partial charge in [0.2, 0.25) is 0 Å². The molecule has 2 aromatic carbocycles. The molecular weight excluding hydrogens is 299 g/mol. The maximum absolute atomic E-state index is 12.7. The zero-order valence-corrected chi connectivity index (χ0v) is 12.4. The molecule has 0 aliphatic carbocycles. The minimum absolute atomic E-state index is 0.509. The smallest absolute Gasteiger partial charge is 0.320 e. The van der Waals surface area contributed by atoms with Crippen molar-refractivity contribution in [1.82, 2.24) is 0 Å². The number of aryl methyl sites for hydroxylation is 2. The van der Waals surface area contributed by atoms with Crippen LogP contribution in [0.3, 0.4) is 0 Å². The van der Waals surface area contributed by atoms with Crippen molar-refractivity contribution in [2.24, 2.45) is 5.73 Å². The van der Waals surface area contributed by atoms with Gasteiger partial charge in [-0.2, -0.15) is 13.2 Å². The standard InChI is InChI=1S/C16H15ClF3N/c1-9-5-11(8-13(17)6-9)15(21)14-4-3-12(7-10(14)2)16(18,19)20/h3-8,15H,21H2,1-2H3. The summed E-state index contributed by atoms with van der Waals surface area (Å²) < 4.78 is 38.0. The van der Waals surface area contributed by atoms with E-state index in [2.05, 4.69) is 0 Å². The zero-order chi connectivity index (χ0) is 15.8. The summed E-state index contributed by atoms with van der Waals surface area (Å²) >= 11 is 6.00. The van der Waals surface area contributed by atoms with Gasteiger partial charge in [0.1, 0.15) is 0 Å². The molecule has 5 heteroatoms. The number of alkyl halides is 3. The highest BCUT2D eigenvalue weighted by Crippen LogP contribution is 2.33. The molecule has 0 bridgehead atoms. The van der Waals surface area contributed by atoms with E-state index in [-0.39, 0.29) is 0 Å². The van der Waals surface area contributed by atoms with Crippen LogP contribution in [0.5, 0.6) is 0 Å². The fourth-order valence-corrected chi connectivity index (χ4v) is 2.62. The van der Waals surface area contributed by atoms with Crippen LogP contribution in [0.25, 0.3) is 0 Å². The van der Waals surface area contributed by atoms with E-state index in [4.69, 9.17) is 17.3 Å². The summed E-state index contributed by atoms with van der Waals surface area (Å²) in [6.45, 7) is 3.52. The molecule has 112 valence electrons. The largest absolute Gasteiger partial charge is 0.416 e. The van der Waals surface area contributed by atoms with Crippen LogP contribution in [-0.2, 0) is 6.18 Å². The molecule has 0 aromatic heterocycles. The van der Waals surface area contributed by atoms with Crippen LogP contribution in [0.2, 0.25) is 5.02 Å². The summed E-state index contributed by atoms with van der Waals surface area (Å²) in [7, 11) is 0. The summed E-state index contributed by atoms with van der Waals surface area (Å²) in [6, 6.07) is 8.51. The first-order valence-corrected chi connectivity index (χ1v) is 6.76. The van der Waals surface area contributed by atoms with Gasteiger partial charge in [-0.05, 0) is 60.4 Å². The predicted octanol–water partition coefficient (Wildman–Crippen LogP) is 5.02. The summed E-state index contributed by atoms with van der Waals surface area (Å²) in [6.07, 6.45) is -4.35. The topological polar surface area (TPSA) is 26.0 Å². The molecule has 0 saturated heterocycles. The van der Waals surface area contributed by atoms with Gasteiger partial charge in [0.15, 0.2) is 0 Å². The van der Waals surface area contributed by atoms with Crippen LogP contribution >= 0.6 is 11.6 Å². The predicted molar refractivity (Wildman–Crippen MR) is 78.4 cm³/mol. The Bertz CT molecular complexity index is 645. The first-order chi connectivity index (χ1) is 9.68. The molecule has 2 aromatic rings. The van der Waals surface area contributed by atoms with Gasteiger partial charge >= 0.3 is 6.18 Å². The highest BCUT2D eigenvalue weighted by Gasteiger charge is 2.31. The van der Waals surface area contributed by atoms with Crippen molar-refractivity contribution in [3.8, 4) is 0 Å². The molecule has 1 nitrogen and oxygen atoms in total. The van der Waals surface area contributed by atoms with Crippen LogP contribution in [0.15, 0.2) is 36.4 Å². The Kier molecular flexibility index (Phi) is 4.30. The average Bonchev–Trinajstić information content (AvgIpc) is 2.35. The van der Waals surface area contributed by atoms with Crippen LogP contribution in [0.1, 0.15) is 33.9 Å². The Balaban J connectivity index is 2.42. The Labute approximate surface area is 126 Å². The Morgan fingerprint density at radius 3 is 2.24 bits per heavy atom. The maximum atomic E-state index is 12.7. The fraction of sp³-hybridized carbons (Fsp3) is 0.250. The summed E-state index contributed by atoms with van der Waals surface area (Å²) in [5.74, 6) is 0. The number of hydrogen-bond donors (Lipinski definition) is 1. The van der Waals surface area contributed by atoms with E-state index in [1.54, 1.807) is 19.1 Å². The third-order valence-corrected chi connectivity index (χ3v) is 3.57. The summed E-state index contributed by atoms with van der Waals surface area (Å²) in [4.78, 5) is 0. The fourth-order valence-electron chi connectivity index (χ4n) is 2.32. The number of rotatable bonds is 2. The normalized spacial score (nSPS) is 13.3. The average molecular weight is 314 g/mol. The summed E-state index contributed by atoms with van der Waals surface area (Å²) in [5.41, 5.74) is 8.41. The van der Waals surface area contributed by atoms with E-state index in [0.29, 0.717) is 16.1 Å². The van der Waals surface area contributed by atoms with Crippen molar-refractivity contribution in [3.05, 3.63) is 69.2 Å². The highest BCUT2D eigenvalue weighted by atomic mass is 35.5. The van der Waals surface area contributed by atoms with Gasteiger partial charge in [-0.15, -0.1) is 0 Å². The van der Waals surface area contributed by atoms with Crippen molar-refractivity contribution in [2.75, 3.05) is 0 Å². The van der Waals surface area contributed by atoms with Crippen molar-refractivity contribution in [3.63, 3.8) is 0 Å². The van der Waals surface area contributed by atoms with Crippen molar-refractivity contribution < 1.29 is 13.2 Å². The number of benzene rings is 2. The van der Waals surface area contributed by atoms with Gasteiger partial charge in [0.05, 0.1) is 11.6 Å². The van der Waals surface area contributed by atoms with E-state index in [1.165, 1.54) is 6.07 Å². The van der Waals surface area contributed by atoms with Crippen LogP contribution in [0.4, 0.5) is 13.2 Å². The molecule has 2 N–H and O–H groups in total. The second-order valence-electron chi connectivity index (χ2n) is 5.11. The maximum Gasteiger partial charge on any atom is 0.416 e. The first kappa shape index (κ1) is 15.9. The molecular formula is C16H15ClF3N. The van der Waals surface area contributed by atoms with Crippen LogP contribution < -0.4 is 5.73 Å². The minimum Gasteiger partial charge on any atom is -0.320 e. The van der Waals surface area contributed by atoms with Gasteiger partial charge in [-0.1, -0.05) is 23.7 Å². The Morgan fingerprint density at radius 2 is 1.71 bits per heavy atom. The molecule has 0 aliphatic rings. The molecule has 0 fully saturated rings. The summed E-state index contributed by atoms with van der Waals surface area (Å²) in [5, 5.41) is 0.560. The Morgan fingerprint density at radius 1 is 1.05 bits per heavy atom. The molecule has 0 heterocycles. The molecule has 1 atom stereocenters. The number of hydrogen-bond acceptors (Lipinski definition) is 1. The van der Waals surface area contributed by atoms with Gasteiger partial charge < -0.3 is 5.73 Å². The van der Waals surface area contributed by atoms with Gasteiger partial charge in [-0.25, -0.2) is 0 Å². The first-order valence-electron chi connectivity index (χ1n) is 6.39. The van der Waals surface area contributed by atoms with E-state index in [1.807, 2.05) is 13.0 Å². The van der Waals surface area contributed by atoms with Crippen LogP contribution in [-0.4, -0.2) is 0 Å².